The zero-order valence-electron chi connectivity index (χ0n) is 13.0. The van der Waals surface area contributed by atoms with Gasteiger partial charge in [-0.05, 0) is 57.8 Å². The standard InChI is InChI=1S/C15H25N3O2S/c1-4-18-11(3)15(9-16-18)21(19,20)17-10(2)14-8-12-5-6-13(14)7-12/h9-10,12-14,17H,4-8H2,1-3H3/t10-,12-,13-,14+/m0/s1. The van der Waals surface area contributed by atoms with E-state index < -0.39 is 10.0 Å². The molecule has 2 saturated carbocycles. The van der Waals surface area contributed by atoms with E-state index in [1.54, 1.807) is 4.68 Å². The Bertz CT molecular complexity index is 623. The number of sulfonamides is 1. The van der Waals surface area contributed by atoms with Crippen molar-refractivity contribution in [3.8, 4) is 0 Å². The van der Waals surface area contributed by atoms with Gasteiger partial charge in [0.05, 0.1) is 11.9 Å². The molecule has 0 radical (unpaired) electrons. The van der Waals surface area contributed by atoms with Gasteiger partial charge in [-0.1, -0.05) is 6.42 Å². The third-order valence-electron chi connectivity index (χ3n) is 5.42. The van der Waals surface area contributed by atoms with Crippen molar-refractivity contribution >= 4 is 10.0 Å². The van der Waals surface area contributed by atoms with Crippen molar-refractivity contribution < 1.29 is 8.42 Å². The van der Waals surface area contributed by atoms with Crippen LogP contribution in [0.15, 0.2) is 11.1 Å². The maximum absolute atomic E-state index is 12.6. The summed E-state index contributed by atoms with van der Waals surface area (Å²) < 4.78 is 29.8. The topological polar surface area (TPSA) is 64.0 Å². The van der Waals surface area contributed by atoms with Gasteiger partial charge in [0.15, 0.2) is 0 Å². The predicted molar refractivity (Wildman–Crippen MR) is 81.4 cm³/mol. The number of nitrogens with one attached hydrogen (secondary N) is 1. The summed E-state index contributed by atoms with van der Waals surface area (Å²) in [6, 6.07) is 0.00896. The molecule has 1 aromatic rings. The van der Waals surface area contributed by atoms with Crippen LogP contribution in [-0.2, 0) is 16.6 Å². The fourth-order valence-corrected chi connectivity index (χ4v) is 5.79. The molecule has 0 amide bonds. The molecule has 0 spiro atoms. The van der Waals surface area contributed by atoms with Crippen molar-refractivity contribution in [1.29, 1.82) is 0 Å². The Morgan fingerprint density at radius 1 is 1.43 bits per heavy atom. The van der Waals surface area contributed by atoms with Gasteiger partial charge < -0.3 is 0 Å². The number of hydrogen-bond acceptors (Lipinski definition) is 3. The second-order valence-electron chi connectivity index (χ2n) is 6.66. The zero-order valence-corrected chi connectivity index (χ0v) is 13.9. The summed E-state index contributed by atoms with van der Waals surface area (Å²) in [7, 11) is -3.47. The Balaban J connectivity index is 1.75. The van der Waals surface area contributed by atoms with Crippen LogP contribution in [0.25, 0.3) is 0 Å². The monoisotopic (exact) mass is 311 g/mol. The van der Waals surface area contributed by atoms with E-state index in [1.165, 1.54) is 31.9 Å². The molecule has 0 aliphatic heterocycles. The summed E-state index contributed by atoms with van der Waals surface area (Å²) in [5, 5.41) is 4.14. The van der Waals surface area contributed by atoms with Crippen LogP contribution in [0.1, 0.15) is 45.2 Å². The molecule has 2 aliphatic rings. The van der Waals surface area contributed by atoms with Crippen LogP contribution in [0.2, 0.25) is 0 Å². The number of rotatable bonds is 5. The Kier molecular flexibility index (Phi) is 3.86. The Hall–Kier alpha value is -0.880. The Morgan fingerprint density at radius 2 is 2.19 bits per heavy atom. The van der Waals surface area contributed by atoms with Crippen LogP contribution in [0, 0.1) is 24.7 Å². The minimum absolute atomic E-state index is 0.00896. The molecule has 2 fully saturated rings. The van der Waals surface area contributed by atoms with Crippen molar-refractivity contribution in [2.75, 3.05) is 0 Å². The van der Waals surface area contributed by atoms with Crippen molar-refractivity contribution in [3.05, 3.63) is 11.9 Å². The Morgan fingerprint density at radius 3 is 2.71 bits per heavy atom. The van der Waals surface area contributed by atoms with Crippen LogP contribution in [0.4, 0.5) is 0 Å². The third kappa shape index (κ3) is 2.63. The highest BCUT2D eigenvalue weighted by molar-refractivity contribution is 7.89. The lowest BCUT2D eigenvalue weighted by atomic mass is 9.84. The van der Waals surface area contributed by atoms with Gasteiger partial charge >= 0.3 is 0 Å². The summed E-state index contributed by atoms with van der Waals surface area (Å²) in [5.74, 6) is 2.05. The minimum Gasteiger partial charge on any atom is -0.269 e. The molecule has 6 heteroatoms. The molecule has 2 bridgehead atoms. The highest BCUT2D eigenvalue weighted by atomic mass is 32.2. The number of fused-ring (bicyclic) bond motifs is 2. The van der Waals surface area contributed by atoms with E-state index in [4.69, 9.17) is 0 Å². The summed E-state index contributed by atoms with van der Waals surface area (Å²) in [6.07, 6.45) is 6.55. The fraction of sp³-hybridized carbons (Fsp3) is 0.800. The number of nitrogens with zero attached hydrogens (tertiary/aromatic N) is 2. The van der Waals surface area contributed by atoms with Crippen molar-refractivity contribution in [3.63, 3.8) is 0 Å². The first-order valence-corrected chi connectivity index (χ1v) is 9.45. The first-order chi connectivity index (χ1) is 9.92. The van der Waals surface area contributed by atoms with Crippen LogP contribution in [0.5, 0.6) is 0 Å². The van der Waals surface area contributed by atoms with Crippen molar-refractivity contribution in [2.45, 2.75) is 63.9 Å². The SMILES string of the molecule is CCn1ncc(S(=O)(=O)N[C@@H](C)[C@H]2C[C@H]3CC[C@H]2C3)c1C. The molecule has 0 aromatic carbocycles. The molecule has 0 saturated heterocycles. The van der Waals surface area contributed by atoms with Gasteiger partial charge in [-0.2, -0.15) is 5.10 Å². The highest BCUT2D eigenvalue weighted by Gasteiger charge is 2.42. The second-order valence-corrected chi connectivity index (χ2v) is 8.34. The highest BCUT2D eigenvalue weighted by Crippen LogP contribution is 2.49. The average molecular weight is 311 g/mol. The van der Waals surface area contributed by atoms with Crippen LogP contribution < -0.4 is 4.72 Å². The number of aryl methyl sites for hydroxylation is 1. The molecule has 0 unspecified atom stereocenters. The number of aromatic nitrogens is 2. The normalized spacial score (nSPS) is 30.0. The molecular weight excluding hydrogens is 286 g/mol. The van der Waals surface area contributed by atoms with Crippen LogP contribution >= 0.6 is 0 Å². The van der Waals surface area contributed by atoms with E-state index in [9.17, 15) is 8.42 Å². The van der Waals surface area contributed by atoms with E-state index >= 15 is 0 Å². The fourth-order valence-electron chi connectivity index (χ4n) is 4.31. The summed E-state index contributed by atoms with van der Waals surface area (Å²) in [4.78, 5) is 0.319. The molecule has 21 heavy (non-hydrogen) atoms. The molecular formula is C15H25N3O2S. The van der Waals surface area contributed by atoms with Gasteiger partial charge in [-0.25, -0.2) is 13.1 Å². The lowest BCUT2D eigenvalue weighted by Gasteiger charge is -2.28. The van der Waals surface area contributed by atoms with Gasteiger partial charge in [-0.3, -0.25) is 4.68 Å². The molecule has 1 N–H and O–H groups in total. The van der Waals surface area contributed by atoms with Crippen LogP contribution in [-0.4, -0.2) is 24.2 Å². The van der Waals surface area contributed by atoms with Crippen LogP contribution in [0.3, 0.4) is 0 Å². The average Bonchev–Trinajstić information content (AvgIpc) is 3.12. The van der Waals surface area contributed by atoms with Gasteiger partial charge in [0.25, 0.3) is 0 Å². The molecule has 2 aliphatic carbocycles. The first kappa shape index (κ1) is 15.0. The molecule has 4 atom stereocenters. The number of hydrogen-bond donors (Lipinski definition) is 1. The van der Waals surface area contributed by atoms with Gasteiger partial charge in [0.1, 0.15) is 4.90 Å². The first-order valence-electron chi connectivity index (χ1n) is 7.97. The quantitative estimate of drug-likeness (QED) is 0.907. The zero-order chi connectivity index (χ0) is 15.2. The van der Waals surface area contributed by atoms with E-state index in [2.05, 4.69) is 9.82 Å². The van der Waals surface area contributed by atoms with E-state index in [-0.39, 0.29) is 6.04 Å². The van der Waals surface area contributed by atoms with Crippen molar-refractivity contribution in [2.24, 2.45) is 17.8 Å². The molecule has 1 heterocycles. The van der Waals surface area contributed by atoms with E-state index in [0.717, 1.165) is 5.92 Å². The van der Waals surface area contributed by atoms with Gasteiger partial charge in [0, 0.05) is 12.6 Å². The molecule has 1 aromatic heterocycles. The maximum atomic E-state index is 12.6. The lowest BCUT2D eigenvalue weighted by molar-refractivity contribution is 0.280. The summed E-state index contributed by atoms with van der Waals surface area (Å²) >= 11 is 0. The van der Waals surface area contributed by atoms with Gasteiger partial charge in [-0.15, -0.1) is 0 Å². The molecule has 118 valence electrons. The van der Waals surface area contributed by atoms with Crippen molar-refractivity contribution in [1.82, 2.24) is 14.5 Å². The van der Waals surface area contributed by atoms with E-state index in [1.807, 2.05) is 20.8 Å². The maximum Gasteiger partial charge on any atom is 0.244 e. The smallest absolute Gasteiger partial charge is 0.244 e. The summed E-state index contributed by atoms with van der Waals surface area (Å²) in [5.41, 5.74) is 0.713. The second kappa shape index (κ2) is 5.39. The van der Waals surface area contributed by atoms with Gasteiger partial charge in [0.2, 0.25) is 10.0 Å². The third-order valence-corrected chi connectivity index (χ3v) is 7.09. The Labute approximate surface area is 127 Å². The molecule has 3 rings (SSSR count). The molecule has 5 nitrogen and oxygen atoms in total. The lowest BCUT2D eigenvalue weighted by Crippen LogP contribution is -2.40. The summed E-state index contributed by atoms with van der Waals surface area (Å²) in [6.45, 7) is 6.47. The minimum atomic E-state index is -3.47. The van der Waals surface area contributed by atoms with E-state index in [0.29, 0.717) is 29.0 Å². The largest absolute Gasteiger partial charge is 0.269 e. The predicted octanol–water partition coefficient (Wildman–Crippen LogP) is 2.31.